The molecule has 0 radical (unpaired) electrons. The SMILES string of the molecule is Cc1cc2c(n1C(C)(C)C(N)=O)CCCC2N. The fourth-order valence-electron chi connectivity index (χ4n) is 2.83. The molecule has 0 bridgehead atoms. The van der Waals surface area contributed by atoms with Crippen LogP contribution in [0.5, 0.6) is 0 Å². The molecule has 0 saturated carbocycles. The molecule has 0 fully saturated rings. The van der Waals surface area contributed by atoms with Gasteiger partial charge in [0.25, 0.3) is 0 Å². The molecule has 0 saturated heterocycles. The molecule has 1 atom stereocenters. The number of aryl methyl sites for hydroxylation is 1. The van der Waals surface area contributed by atoms with Gasteiger partial charge in [-0.25, -0.2) is 0 Å². The summed E-state index contributed by atoms with van der Waals surface area (Å²) in [5.74, 6) is -0.307. The minimum atomic E-state index is -0.686. The molecule has 2 rings (SSSR count). The minimum Gasteiger partial charge on any atom is -0.368 e. The van der Waals surface area contributed by atoms with Gasteiger partial charge in [-0.2, -0.15) is 0 Å². The van der Waals surface area contributed by atoms with E-state index in [1.165, 1.54) is 11.3 Å². The first-order chi connectivity index (χ1) is 7.85. The third-order valence-electron chi connectivity index (χ3n) is 3.81. The second-order valence-corrected chi connectivity index (χ2v) is 5.45. The number of hydrogen-bond acceptors (Lipinski definition) is 2. The number of rotatable bonds is 2. The average Bonchev–Trinajstić information content (AvgIpc) is 2.56. The Hall–Kier alpha value is -1.29. The van der Waals surface area contributed by atoms with E-state index in [2.05, 4.69) is 10.6 Å². The van der Waals surface area contributed by atoms with Crippen LogP contribution in [0, 0.1) is 6.92 Å². The van der Waals surface area contributed by atoms with Gasteiger partial charge in [-0.05, 0) is 51.7 Å². The highest BCUT2D eigenvalue weighted by Gasteiger charge is 2.33. The van der Waals surface area contributed by atoms with Crippen LogP contribution in [0.1, 0.15) is 49.7 Å². The third kappa shape index (κ3) is 1.76. The number of hydrogen-bond donors (Lipinski definition) is 2. The van der Waals surface area contributed by atoms with Crippen molar-refractivity contribution in [2.24, 2.45) is 11.5 Å². The standard InChI is InChI=1S/C13H21N3O/c1-8-7-9-10(14)5-4-6-11(9)16(8)13(2,3)12(15)17/h7,10H,4-6,14H2,1-3H3,(H2,15,17). The van der Waals surface area contributed by atoms with Crippen LogP contribution in [0.15, 0.2) is 6.07 Å². The number of aromatic nitrogens is 1. The summed E-state index contributed by atoms with van der Waals surface area (Å²) < 4.78 is 2.06. The van der Waals surface area contributed by atoms with E-state index in [1.54, 1.807) is 0 Å². The van der Waals surface area contributed by atoms with Crippen LogP contribution < -0.4 is 11.5 Å². The quantitative estimate of drug-likeness (QED) is 0.812. The van der Waals surface area contributed by atoms with E-state index in [1.807, 2.05) is 20.8 Å². The largest absolute Gasteiger partial charge is 0.368 e. The number of fused-ring (bicyclic) bond motifs is 1. The smallest absolute Gasteiger partial charge is 0.243 e. The van der Waals surface area contributed by atoms with Gasteiger partial charge in [0.15, 0.2) is 0 Å². The number of carbonyl (C=O) groups excluding carboxylic acids is 1. The maximum Gasteiger partial charge on any atom is 0.243 e. The fourth-order valence-corrected chi connectivity index (χ4v) is 2.83. The zero-order chi connectivity index (χ0) is 12.8. The van der Waals surface area contributed by atoms with E-state index < -0.39 is 5.54 Å². The molecule has 1 aromatic rings. The third-order valence-corrected chi connectivity index (χ3v) is 3.81. The van der Waals surface area contributed by atoms with E-state index in [4.69, 9.17) is 11.5 Å². The highest BCUT2D eigenvalue weighted by Crippen LogP contribution is 2.34. The van der Waals surface area contributed by atoms with Crippen LogP contribution in [0.25, 0.3) is 0 Å². The molecule has 1 aliphatic carbocycles. The molecular weight excluding hydrogens is 214 g/mol. The summed E-state index contributed by atoms with van der Waals surface area (Å²) >= 11 is 0. The summed E-state index contributed by atoms with van der Waals surface area (Å²) in [6, 6.07) is 2.20. The van der Waals surface area contributed by atoms with Crippen molar-refractivity contribution in [3.05, 3.63) is 23.0 Å². The van der Waals surface area contributed by atoms with Crippen LogP contribution in [-0.2, 0) is 16.8 Å². The Kier molecular flexibility index (Phi) is 2.78. The van der Waals surface area contributed by atoms with Gasteiger partial charge < -0.3 is 16.0 Å². The second kappa shape index (κ2) is 3.88. The normalized spacial score (nSPS) is 20.1. The fraction of sp³-hybridized carbons (Fsp3) is 0.615. The van der Waals surface area contributed by atoms with Crippen molar-refractivity contribution in [2.75, 3.05) is 0 Å². The molecular formula is C13H21N3O. The number of nitrogens with zero attached hydrogens (tertiary/aromatic N) is 1. The topological polar surface area (TPSA) is 74.0 Å². The van der Waals surface area contributed by atoms with Gasteiger partial charge in [0.05, 0.1) is 0 Å². The lowest BCUT2D eigenvalue weighted by Crippen LogP contribution is -2.42. The maximum atomic E-state index is 11.6. The van der Waals surface area contributed by atoms with Crippen molar-refractivity contribution >= 4 is 5.91 Å². The van der Waals surface area contributed by atoms with Crippen molar-refractivity contribution in [2.45, 2.75) is 51.6 Å². The lowest BCUT2D eigenvalue weighted by atomic mass is 9.92. The van der Waals surface area contributed by atoms with Crippen LogP contribution in [0.2, 0.25) is 0 Å². The summed E-state index contributed by atoms with van der Waals surface area (Å²) in [7, 11) is 0. The predicted octanol–water partition coefficient (Wildman–Crippen LogP) is 1.35. The van der Waals surface area contributed by atoms with E-state index in [9.17, 15) is 4.79 Å². The molecule has 1 amide bonds. The molecule has 17 heavy (non-hydrogen) atoms. The Morgan fingerprint density at radius 1 is 1.53 bits per heavy atom. The van der Waals surface area contributed by atoms with E-state index in [0.717, 1.165) is 25.0 Å². The zero-order valence-electron chi connectivity index (χ0n) is 10.8. The number of carbonyl (C=O) groups is 1. The molecule has 4 nitrogen and oxygen atoms in total. The molecule has 1 unspecified atom stereocenters. The Labute approximate surface area is 102 Å². The summed E-state index contributed by atoms with van der Waals surface area (Å²) in [5.41, 5.74) is 14.4. The Morgan fingerprint density at radius 3 is 2.76 bits per heavy atom. The van der Waals surface area contributed by atoms with E-state index in [-0.39, 0.29) is 11.9 Å². The highest BCUT2D eigenvalue weighted by atomic mass is 16.1. The molecule has 94 valence electrons. The van der Waals surface area contributed by atoms with E-state index >= 15 is 0 Å². The molecule has 1 aliphatic rings. The van der Waals surface area contributed by atoms with Gasteiger partial charge >= 0.3 is 0 Å². The van der Waals surface area contributed by atoms with Crippen molar-refractivity contribution in [3.8, 4) is 0 Å². The Morgan fingerprint density at radius 2 is 2.18 bits per heavy atom. The predicted molar refractivity (Wildman–Crippen MR) is 67.6 cm³/mol. The van der Waals surface area contributed by atoms with Gasteiger partial charge in [0.2, 0.25) is 5.91 Å². The molecule has 0 aliphatic heterocycles. The number of amides is 1. The summed E-state index contributed by atoms with van der Waals surface area (Å²) in [6.07, 6.45) is 3.08. The minimum absolute atomic E-state index is 0.0994. The van der Waals surface area contributed by atoms with Gasteiger partial charge in [0.1, 0.15) is 5.54 Å². The first kappa shape index (κ1) is 12.2. The van der Waals surface area contributed by atoms with Crippen molar-refractivity contribution in [1.29, 1.82) is 0 Å². The zero-order valence-corrected chi connectivity index (χ0v) is 10.8. The maximum absolute atomic E-state index is 11.6. The van der Waals surface area contributed by atoms with Crippen molar-refractivity contribution in [1.82, 2.24) is 4.57 Å². The molecule has 1 aromatic heterocycles. The summed E-state index contributed by atoms with van der Waals surface area (Å²) in [6.45, 7) is 5.74. The summed E-state index contributed by atoms with van der Waals surface area (Å²) in [4.78, 5) is 11.6. The molecule has 0 spiro atoms. The van der Waals surface area contributed by atoms with Crippen LogP contribution in [-0.4, -0.2) is 10.5 Å². The Bertz CT molecular complexity index is 459. The molecule has 4 heteroatoms. The van der Waals surface area contributed by atoms with Gasteiger partial charge in [-0.15, -0.1) is 0 Å². The molecule has 1 heterocycles. The second-order valence-electron chi connectivity index (χ2n) is 5.45. The van der Waals surface area contributed by atoms with Crippen LogP contribution >= 0.6 is 0 Å². The first-order valence-corrected chi connectivity index (χ1v) is 6.12. The number of nitrogens with two attached hydrogens (primary N) is 2. The average molecular weight is 235 g/mol. The van der Waals surface area contributed by atoms with Crippen molar-refractivity contribution < 1.29 is 4.79 Å². The lowest BCUT2D eigenvalue weighted by molar-refractivity contribution is -0.125. The van der Waals surface area contributed by atoms with Gasteiger partial charge in [-0.3, -0.25) is 4.79 Å². The van der Waals surface area contributed by atoms with Crippen molar-refractivity contribution in [3.63, 3.8) is 0 Å². The molecule has 4 N–H and O–H groups in total. The van der Waals surface area contributed by atoms with E-state index in [0.29, 0.717) is 0 Å². The molecule has 0 aromatic carbocycles. The summed E-state index contributed by atoms with van der Waals surface area (Å²) in [5, 5.41) is 0. The van der Waals surface area contributed by atoms with Gasteiger partial charge in [0, 0.05) is 17.4 Å². The van der Waals surface area contributed by atoms with Crippen LogP contribution in [0.3, 0.4) is 0 Å². The van der Waals surface area contributed by atoms with Gasteiger partial charge in [-0.1, -0.05) is 0 Å². The highest BCUT2D eigenvalue weighted by molar-refractivity contribution is 5.82. The number of primary amides is 1. The lowest BCUT2D eigenvalue weighted by Gasteiger charge is -2.30. The monoisotopic (exact) mass is 235 g/mol. The van der Waals surface area contributed by atoms with Crippen LogP contribution in [0.4, 0.5) is 0 Å². The first-order valence-electron chi connectivity index (χ1n) is 6.12. The Balaban J connectivity index is 2.59.